The molecule has 0 aliphatic heterocycles. The summed E-state index contributed by atoms with van der Waals surface area (Å²) < 4.78 is 2.28. The van der Waals surface area contributed by atoms with Gasteiger partial charge in [-0.1, -0.05) is 48.3 Å². The summed E-state index contributed by atoms with van der Waals surface area (Å²) in [6, 6.07) is 14.2. The normalized spacial score (nSPS) is 12.2. The minimum Gasteiger partial charge on any atom is -0.347 e. The second-order valence-corrected chi connectivity index (χ2v) is 8.19. The molecule has 2 aromatic carbocycles. The molecular formula is C22H25Cl2N3S. The van der Waals surface area contributed by atoms with Gasteiger partial charge in [0.15, 0.2) is 5.11 Å². The number of nitrogens with one attached hydrogen (secondary N) is 1. The highest BCUT2D eigenvalue weighted by molar-refractivity contribution is 7.80. The summed E-state index contributed by atoms with van der Waals surface area (Å²) in [5.41, 5.74) is 3.32. The van der Waals surface area contributed by atoms with E-state index in [0.717, 1.165) is 25.2 Å². The van der Waals surface area contributed by atoms with E-state index in [1.165, 1.54) is 16.5 Å². The van der Waals surface area contributed by atoms with Gasteiger partial charge in [-0.3, -0.25) is 0 Å². The molecule has 0 saturated heterocycles. The van der Waals surface area contributed by atoms with Gasteiger partial charge in [0.05, 0.1) is 0 Å². The van der Waals surface area contributed by atoms with E-state index in [9.17, 15) is 0 Å². The molecule has 0 aliphatic rings. The highest BCUT2D eigenvalue weighted by atomic mass is 35.5. The van der Waals surface area contributed by atoms with Gasteiger partial charge in [0.25, 0.3) is 0 Å². The standard InChI is InChI=1S/C22H25Cl2N3S/c1-4-15(3)27(22(28)25-19-11-17(23)10-18(24)12-19)14-16-13-26(5-2)21-9-7-6-8-20(16)21/h6-13,15H,4-5,14H2,1-3H3,(H,25,28). The van der Waals surface area contributed by atoms with E-state index in [-0.39, 0.29) is 0 Å². The van der Waals surface area contributed by atoms with Crippen molar-refractivity contribution < 1.29 is 0 Å². The minimum absolute atomic E-state index is 0.290. The van der Waals surface area contributed by atoms with Crippen LogP contribution in [0.2, 0.25) is 10.0 Å². The average Bonchev–Trinajstić information content (AvgIpc) is 3.02. The minimum atomic E-state index is 0.290. The Kier molecular flexibility index (Phi) is 6.86. The number of benzene rings is 2. The SMILES string of the molecule is CCC(C)N(Cc1cn(CC)c2ccccc12)C(=S)Nc1cc(Cl)cc(Cl)c1. The molecule has 0 fully saturated rings. The zero-order valence-corrected chi connectivity index (χ0v) is 18.7. The predicted octanol–water partition coefficient (Wildman–Crippen LogP) is 6.97. The molecule has 1 N–H and O–H groups in total. The molecule has 28 heavy (non-hydrogen) atoms. The van der Waals surface area contributed by atoms with E-state index in [1.54, 1.807) is 6.07 Å². The number of hydrogen-bond acceptors (Lipinski definition) is 1. The topological polar surface area (TPSA) is 20.2 Å². The van der Waals surface area contributed by atoms with Gasteiger partial charge in [-0.15, -0.1) is 0 Å². The Bertz CT molecular complexity index is 963. The van der Waals surface area contributed by atoms with Crippen molar-refractivity contribution in [2.24, 2.45) is 0 Å². The Morgan fingerprint density at radius 1 is 1.14 bits per heavy atom. The van der Waals surface area contributed by atoms with Crippen LogP contribution < -0.4 is 5.32 Å². The molecule has 0 radical (unpaired) electrons. The Morgan fingerprint density at radius 3 is 2.46 bits per heavy atom. The Hall–Kier alpha value is -1.75. The molecule has 0 bridgehead atoms. The first kappa shape index (κ1) is 21.0. The fraction of sp³-hybridized carbons (Fsp3) is 0.318. The van der Waals surface area contributed by atoms with Crippen LogP contribution in [0.4, 0.5) is 5.69 Å². The fourth-order valence-corrected chi connectivity index (χ4v) is 4.25. The van der Waals surface area contributed by atoms with Crippen molar-refractivity contribution in [3.05, 3.63) is 64.3 Å². The molecule has 0 spiro atoms. The molecule has 1 atom stereocenters. The number of fused-ring (bicyclic) bond motifs is 1. The monoisotopic (exact) mass is 433 g/mol. The maximum atomic E-state index is 6.13. The Balaban J connectivity index is 1.89. The lowest BCUT2D eigenvalue weighted by molar-refractivity contribution is 0.320. The molecule has 148 valence electrons. The van der Waals surface area contributed by atoms with Crippen LogP contribution in [0.1, 0.15) is 32.8 Å². The number of aromatic nitrogens is 1. The van der Waals surface area contributed by atoms with Gasteiger partial charge in [0, 0.05) is 52.0 Å². The summed E-state index contributed by atoms with van der Waals surface area (Å²) in [7, 11) is 0. The molecule has 0 amide bonds. The van der Waals surface area contributed by atoms with Crippen molar-refractivity contribution in [3.8, 4) is 0 Å². The van der Waals surface area contributed by atoms with E-state index in [1.807, 2.05) is 12.1 Å². The number of nitrogens with zero attached hydrogens (tertiary/aromatic N) is 2. The Labute approximate surface area is 182 Å². The highest BCUT2D eigenvalue weighted by Gasteiger charge is 2.19. The van der Waals surface area contributed by atoms with Gasteiger partial charge in [-0.2, -0.15) is 0 Å². The van der Waals surface area contributed by atoms with Crippen molar-refractivity contribution in [1.29, 1.82) is 0 Å². The lowest BCUT2D eigenvalue weighted by Crippen LogP contribution is -2.40. The first-order valence-electron chi connectivity index (χ1n) is 9.53. The number of rotatable bonds is 6. The number of halogens is 2. The molecule has 1 heterocycles. The third kappa shape index (κ3) is 4.62. The number of hydrogen-bond donors (Lipinski definition) is 1. The number of para-hydroxylation sites is 1. The van der Waals surface area contributed by atoms with E-state index in [0.29, 0.717) is 21.2 Å². The largest absolute Gasteiger partial charge is 0.347 e. The average molecular weight is 434 g/mol. The molecule has 3 rings (SSSR count). The van der Waals surface area contributed by atoms with E-state index in [4.69, 9.17) is 35.4 Å². The van der Waals surface area contributed by atoms with Crippen LogP contribution >= 0.6 is 35.4 Å². The summed E-state index contributed by atoms with van der Waals surface area (Å²) in [5.74, 6) is 0. The van der Waals surface area contributed by atoms with Crippen molar-refractivity contribution in [1.82, 2.24) is 9.47 Å². The summed E-state index contributed by atoms with van der Waals surface area (Å²) in [4.78, 5) is 2.23. The lowest BCUT2D eigenvalue weighted by atomic mass is 10.1. The maximum absolute atomic E-state index is 6.13. The molecule has 3 aromatic rings. The van der Waals surface area contributed by atoms with Gasteiger partial charge >= 0.3 is 0 Å². The maximum Gasteiger partial charge on any atom is 0.173 e. The number of anilines is 1. The second-order valence-electron chi connectivity index (χ2n) is 6.93. The van der Waals surface area contributed by atoms with Gasteiger partial charge in [-0.05, 0) is 62.3 Å². The van der Waals surface area contributed by atoms with Gasteiger partial charge in [0.1, 0.15) is 0 Å². The van der Waals surface area contributed by atoms with E-state index >= 15 is 0 Å². The summed E-state index contributed by atoms with van der Waals surface area (Å²) in [6.07, 6.45) is 3.23. The Morgan fingerprint density at radius 2 is 1.82 bits per heavy atom. The van der Waals surface area contributed by atoms with Crippen molar-refractivity contribution in [2.45, 2.75) is 46.3 Å². The third-order valence-corrected chi connectivity index (χ3v) is 5.82. The van der Waals surface area contributed by atoms with Crippen molar-refractivity contribution in [3.63, 3.8) is 0 Å². The molecule has 1 unspecified atom stereocenters. The molecule has 6 heteroatoms. The predicted molar refractivity (Wildman–Crippen MR) is 126 cm³/mol. The van der Waals surface area contributed by atoms with Crippen molar-refractivity contribution >= 4 is 57.1 Å². The van der Waals surface area contributed by atoms with Crippen LogP contribution in [0, 0.1) is 0 Å². The number of thiocarbonyl (C=S) groups is 1. The van der Waals surface area contributed by atoms with Gasteiger partial charge in [-0.25, -0.2) is 0 Å². The van der Waals surface area contributed by atoms with Crippen LogP contribution in [0.3, 0.4) is 0 Å². The smallest absolute Gasteiger partial charge is 0.173 e. The first-order valence-corrected chi connectivity index (χ1v) is 10.7. The van der Waals surface area contributed by atoms with Gasteiger partial charge in [0.2, 0.25) is 0 Å². The molecule has 1 aromatic heterocycles. The summed E-state index contributed by atoms with van der Waals surface area (Å²) >= 11 is 18.0. The quantitative estimate of drug-likeness (QED) is 0.423. The van der Waals surface area contributed by atoms with Crippen LogP contribution in [0.25, 0.3) is 10.9 Å². The summed E-state index contributed by atoms with van der Waals surface area (Å²) in [6.45, 7) is 8.21. The van der Waals surface area contributed by atoms with Crippen LogP contribution in [0.5, 0.6) is 0 Å². The van der Waals surface area contributed by atoms with E-state index in [2.05, 4.69) is 66.0 Å². The lowest BCUT2D eigenvalue weighted by Gasteiger charge is -2.31. The van der Waals surface area contributed by atoms with Crippen LogP contribution in [-0.2, 0) is 13.1 Å². The first-order chi connectivity index (χ1) is 13.4. The van der Waals surface area contributed by atoms with Crippen LogP contribution in [0.15, 0.2) is 48.7 Å². The van der Waals surface area contributed by atoms with Crippen molar-refractivity contribution in [2.75, 3.05) is 5.32 Å². The zero-order chi connectivity index (χ0) is 20.3. The molecule has 0 saturated carbocycles. The molecule has 0 aliphatic carbocycles. The fourth-order valence-electron chi connectivity index (χ4n) is 3.36. The molecule has 3 nitrogen and oxygen atoms in total. The van der Waals surface area contributed by atoms with Gasteiger partial charge < -0.3 is 14.8 Å². The van der Waals surface area contributed by atoms with Crippen LogP contribution in [-0.4, -0.2) is 20.6 Å². The summed E-state index contributed by atoms with van der Waals surface area (Å²) in [5, 5.41) is 6.41. The van der Waals surface area contributed by atoms with E-state index < -0.39 is 0 Å². The molecular weight excluding hydrogens is 409 g/mol. The zero-order valence-electron chi connectivity index (χ0n) is 16.4. The third-order valence-electron chi connectivity index (χ3n) is 5.05. The second kappa shape index (κ2) is 9.17. The number of aryl methyl sites for hydroxylation is 1. The highest BCUT2D eigenvalue weighted by Crippen LogP contribution is 2.26.